The zero-order chi connectivity index (χ0) is 28.3. The Kier molecular flexibility index (Phi) is 8.68. The van der Waals surface area contributed by atoms with E-state index in [2.05, 4.69) is 35.8 Å². The zero-order valence-corrected chi connectivity index (χ0v) is 23.7. The molecule has 38 heavy (non-hydrogen) atoms. The number of carbonyl (C=O) groups is 1. The van der Waals surface area contributed by atoms with Gasteiger partial charge in [-0.05, 0) is 82.3 Å². The predicted molar refractivity (Wildman–Crippen MR) is 150 cm³/mol. The second kappa shape index (κ2) is 11.3. The number of nitrogens with zero attached hydrogens (tertiary/aromatic N) is 3. The number of hydrogen-bond acceptors (Lipinski definition) is 7. The van der Waals surface area contributed by atoms with Gasteiger partial charge in [0.2, 0.25) is 5.82 Å². The summed E-state index contributed by atoms with van der Waals surface area (Å²) in [6, 6.07) is 13.5. The second-order valence-corrected chi connectivity index (χ2v) is 12.6. The molecular formula is C30H42N4O4. The molecule has 0 spiro atoms. The van der Waals surface area contributed by atoms with Crippen LogP contribution in [0.25, 0.3) is 22.8 Å². The van der Waals surface area contributed by atoms with Gasteiger partial charge in [-0.2, -0.15) is 4.98 Å². The number of piperidine rings is 1. The van der Waals surface area contributed by atoms with Crippen LogP contribution in [0.3, 0.4) is 0 Å². The zero-order valence-electron chi connectivity index (χ0n) is 23.7. The fourth-order valence-corrected chi connectivity index (χ4v) is 4.19. The van der Waals surface area contributed by atoms with Crippen LogP contribution < -0.4 is 5.73 Å². The van der Waals surface area contributed by atoms with E-state index in [-0.39, 0.29) is 16.7 Å². The first-order valence-electron chi connectivity index (χ1n) is 13.1. The Balaban J connectivity index is 0.000000732. The molecule has 0 aliphatic carbocycles. The van der Waals surface area contributed by atoms with Gasteiger partial charge in [0, 0.05) is 23.2 Å². The maximum atomic E-state index is 11.4. The van der Waals surface area contributed by atoms with Gasteiger partial charge in [-0.1, -0.05) is 56.3 Å². The Labute approximate surface area is 225 Å². The molecule has 1 aliphatic heterocycles. The van der Waals surface area contributed by atoms with Crippen LogP contribution in [-0.4, -0.2) is 49.9 Å². The Hall–Kier alpha value is -3.23. The molecular weight excluding hydrogens is 480 g/mol. The minimum atomic E-state index is -0.702. The highest BCUT2D eigenvalue weighted by molar-refractivity contribution is 5.74. The summed E-state index contributed by atoms with van der Waals surface area (Å²) in [5, 5.41) is 23.9. The van der Waals surface area contributed by atoms with Crippen molar-refractivity contribution in [2.45, 2.75) is 78.8 Å². The van der Waals surface area contributed by atoms with Crippen molar-refractivity contribution >= 4 is 5.97 Å². The molecule has 1 saturated heterocycles. The molecule has 0 atom stereocenters. The monoisotopic (exact) mass is 522 g/mol. The molecule has 1 fully saturated rings. The fraction of sp³-hybridized carbons (Fsp3) is 0.500. The van der Waals surface area contributed by atoms with E-state index >= 15 is 0 Å². The molecule has 3 aromatic rings. The summed E-state index contributed by atoms with van der Waals surface area (Å²) >= 11 is 0. The lowest BCUT2D eigenvalue weighted by Crippen LogP contribution is -2.42. The number of aromatic nitrogens is 2. The van der Waals surface area contributed by atoms with E-state index in [4.69, 9.17) is 10.3 Å². The van der Waals surface area contributed by atoms with Crippen molar-refractivity contribution in [2.24, 2.45) is 11.1 Å². The fourth-order valence-electron chi connectivity index (χ4n) is 4.19. The number of nitrogens with two attached hydrogens (primary N) is 1. The molecule has 0 bridgehead atoms. The summed E-state index contributed by atoms with van der Waals surface area (Å²) in [7, 11) is 0. The van der Waals surface area contributed by atoms with Gasteiger partial charge in [-0.25, -0.2) is 0 Å². The van der Waals surface area contributed by atoms with Gasteiger partial charge in [0.25, 0.3) is 5.89 Å². The maximum absolute atomic E-state index is 11.4. The molecule has 8 heteroatoms. The minimum absolute atomic E-state index is 0. The summed E-state index contributed by atoms with van der Waals surface area (Å²) < 4.78 is 5.45. The van der Waals surface area contributed by atoms with Gasteiger partial charge in [-0.3, -0.25) is 9.69 Å². The molecule has 0 radical (unpaired) electrons. The number of phenols is 1. The predicted octanol–water partition coefficient (Wildman–Crippen LogP) is 5.84. The lowest BCUT2D eigenvalue weighted by atomic mass is 9.80. The van der Waals surface area contributed by atoms with Crippen molar-refractivity contribution in [3.05, 3.63) is 53.6 Å². The number of likely N-dealkylation sites (tertiary alicyclic amines) is 1. The van der Waals surface area contributed by atoms with Crippen LogP contribution in [0.4, 0.5) is 0 Å². The number of hydrogen-bond donors (Lipinski definition) is 3. The number of rotatable bonds is 5. The number of benzene rings is 2. The molecule has 8 nitrogen and oxygen atoms in total. The third kappa shape index (κ3) is 7.88. The summed E-state index contributed by atoms with van der Waals surface area (Å²) in [6.45, 7) is 16.2. The second-order valence-electron chi connectivity index (χ2n) is 12.6. The largest absolute Gasteiger partial charge is 0.508 e. The molecule has 4 rings (SSSR count). The lowest BCUT2D eigenvalue weighted by Gasteiger charge is -2.36. The van der Waals surface area contributed by atoms with E-state index in [0.29, 0.717) is 30.1 Å². The van der Waals surface area contributed by atoms with E-state index < -0.39 is 11.4 Å². The highest BCUT2D eigenvalue weighted by atomic mass is 16.5. The van der Waals surface area contributed by atoms with E-state index in [1.807, 2.05) is 64.1 Å². The highest BCUT2D eigenvalue weighted by Gasteiger charge is 2.36. The number of phenolic OH excluding ortho intramolecular Hbond substituents is 1. The standard InChI is InChI=1S/C26H31N3O4.C4H11N/c1-25(2,3)20-10-9-19(15-21(20)30)23-27-22(28-33-23)18-7-5-17(6-8-18)16-29-13-11-26(4,12-14-29)24(31)32;1-4(2,3)5/h5-10,15,30H,11-14,16H2,1-4H3,(H,31,32);5H2,1-3H3. The Morgan fingerprint density at radius 1 is 1.03 bits per heavy atom. The highest BCUT2D eigenvalue weighted by Crippen LogP contribution is 2.34. The Morgan fingerprint density at radius 2 is 1.58 bits per heavy atom. The van der Waals surface area contributed by atoms with Crippen LogP contribution in [0.1, 0.15) is 72.4 Å². The average Bonchev–Trinajstić information content (AvgIpc) is 3.29. The van der Waals surface area contributed by atoms with Crippen LogP contribution in [0.2, 0.25) is 0 Å². The van der Waals surface area contributed by atoms with Crippen LogP contribution in [0, 0.1) is 5.41 Å². The van der Waals surface area contributed by atoms with Gasteiger partial charge in [0.05, 0.1) is 5.41 Å². The normalized spacial score (nSPS) is 16.0. The molecule has 4 N–H and O–H groups in total. The van der Waals surface area contributed by atoms with Crippen molar-refractivity contribution in [2.75, 3.05) is 13.1 Å². The summed E-state index contributed by atoms with van der Waals surface area (Å²) in [6.07, 6.45) is 1.33. The SMILES string of the molecule is CC(C)(C)N.CC1(C(=O)O)CCN(Cc2ccc(-c3noc(-c4ccc(C(C)(C)C)c(O)c4)n3)cc2)CC1. The number of aliphatic carboxylic acids is 1. The first-order chi connectivity index (χ1) is 17.5. The van der Waals surface area contributed by atoms with Gasteiger partial charge < -0.3 is 20.5 Å². The topological polar surface area (TPSA) is 126 Å². The third-order valence-corrected chi connectivity index (χ3v) is 6.57. The smallest absolute Gasteiger partial charge is 0.309 e. The lowest BCUT2D eigenvalue weighted by molar-refractivity contribution is -0.150. The van der Waals surface area contributed by atoms with E-state index in [9.17, 15) is 15.0 Å². The van der Waals surface area contributed by atoms with E-state index in [0.717, 1.165) is 36.3 Å². The van der Waals surface area contributed by atoms with Crippen LogP contribution in [0.15, 0.2) is 47.0 Å². The van der Waals surface area contributed by atoms with Gasteiger partial charge in [0.15, 0.2) is 0 Å². The van der Waals surface area contributed by atoms with Crippen molar-refractivity contribution in [1.29, 1.82) is 0 Å². The molecule has 1 aliphatic rings. The third-order valence-electron chi connectivity index (χ3n) is 6.57. The number of aromatic hydroxyl groups is 1. The van der Waals surface area contributed by atoms with Crippen LogP contribution in [0.5, 0.6) is 5.75 Å². The van der Waals surface area contributed by atoms with Gasteiger partial charge >= 0.3 is 5.97 Å². The molecule has 0 saturated carbocycles. The summed E-state index contributed by atoms with van der Waals surface area (Å²) in [5.41, 5.74) is 8.13. The minimum Gasteiger partial charge on any atom is -0.508 e. The Bertz CT molecular complexity index is 1220. The van der Waals surface area contributed by atoms with E-state index in [1.54, 1.807) is 6.07 Å². The van der Waals surface area contributed by atoms with Crippen molar-refractivity contribution in [3.8, 4) is 28.6 Å². The molecule has 2 heterocycles. The molecule has 0 amide bonds. The first-order valence-corrected chi connectivity index (χ1v) is 13.1. The van der Waals surface area contributed by atoms with E-state index in [1.165, 1.54) is 0 Å². The summed E-state index contributed by atoms with van der Waals surface area (Å²) in [4.78, 5) is 18.2. The molecule has 206 valence electrons. The van der Waals surface area contributed by atoms with Gasteiger partial charge in [-0.15, -0.1) is 0 Å². The van der Waals surface area contributed by atoms with Crippen molar-refractivity contribution in [3.63, 3.8) is 0 Å². The average molecular weight is 523 g/mol. The summed E-state index contributed by atoms with van der Waals surface area (Å²) in [5.74, 6) is 0.364. The van der Waals surface area contributed by atoms with Crippen molar-refractivity contribution < 1.29 is 19.5 Å². The van der Waals surface area contributed by atoms with Crippen LogP contribution >= 0.6 is 0 Å². The van der Waals surface area contributed by atoms with Crippen molar-refractivity contribution in [1.82, 2.24) is 15.0 Å². The molecule has 1 aromatic heterocycles. The quantitative estimate of drug-likeness (QED) is 0.382. The Morgan fingerprint density at radius 3 is 2.08 bits per heavy atom. The number of carboxylic acids is 1. The molecule has 2 aromatic carbocycles. The van der Waals surface area contributed by atoms with Gasteiger partial charge in [0.1, 0.15) is 5.75 Å². The first kappa shape index (κ1) is 29.3. The van der Waals surface area contributed by atoms with Crippen LogP contribution in [-0.2, 0) is 16.8 Å². The maximum Gasteiger partial charge on any atom is 0.309 e. The molecule has 0 unspecified atom stereocenters. The number of carboxylic acid groups (broad SMARTS) is 1.